The fourth-order valence-electron chi connectivity index (χ4n) is 2.60. The number of carbonyl (C=O) groups is 2. The standard InChI is InChI=1S/C21H19ClFN3O4/c1-26(12-14-3-2-4-17(23)11-14)19(27)13-29-20(28)10-9-18-24-21(25-30-18)15-5-7-16(22)8-6-15/h2-8,11H,9-10,12-13H2,1H3. The van der Waals surface area contributed by atoms with Crippen LogP contribution in [-0.4, -0.2) is 40.6 Å². The Morgan fingerprint density at radius 1 is 1.20 bits per heavy atom. The van der Waals surface area contributed by atoms with Gasteiger partial charge in [-0.2, -0.15) is 4.98 Å². The smallest absolute Gasteiger partial charge is 0.306 e. The number of aryl methyl sites for hydroxylation is 1. The van der Waals surface area contributed by atoms with E-state index in [0.29, 0.717) is 16.4 Å². The first-order valence-electron chi connectivity index (χ1n) is 9.13. The SMILES string of the molecule is CN(Cc1cccc(F)c1)C(=O)COC(=O)CCc1nc(-c2ccc(Cl)cc2)no1. The molecule has 0 aliphatic rings. The molecule has 0 atom stereocenters. The number of hydrogen-bond acceptors (Lipinski definition) is 6. The minimum Gasteiger partial charge on any atom is -0.456 e. The fraction of sp³-hybridized carbons (Fsp3) is 0.238. The van der Waals surface area contributed by atoms with Gasteiger partial charge in [-0.15, -0.1) is 0 Å². The molecule has 0 bridgehead atoms. The highest BCUT2D eigenvalue weighted by Crippen LogP contribution is 2.19. The van der Waals surface area contributed by atoms with E-state index in [0.717, 1.165) is 5.56 Å². The quantitative estimate of drug-likeness (QED) is 0.506. The number of halogens is 2. The maximum atomic E-state index is 13.2. The normalized spacial score (nSPS) is 10.6. The largest absolute Gasteiger partial charge is 0.456 e. The first-order valence-corrected chi connectivity index (χ1v) is 9.51. The molecular weight excluding hydrogens is 413 g/mol. The Bertz CT molecular complexity index is 1020. The summed E-state index contributed by atoms with van der Waals surface area (Å²) < 4.78 is 23.4. The van der Waals surface area contributed by atoms with Crippen molar-refractivity contribution in [2.45, 2.75) is 19.4 Å². The van der Waals surface area contributed by atoms with E-state index in [4.69, 9.17) is 20.9 Å². The maximum Gasteiger partial charge on any atom is 0.306 e. The number of nitrogens with zero attached hydrogens (tertiary/aromatic N) is 3. The van der Waals surface area contributed by atoms with Gasteiger partial charge in [0.2, 0.25) is 11.7 Å². The summed E-state index contributed by atoms with van der Waals surface area (Å²) >= 11 is 5.85. The Kier molecular flexibility index (Phi) is 7.13. The van der Waals surface area contributed by atoms with Gasteiger partial charge in [0.05, 0.1) is 6.42 Å². The molecule has 1 amide bonds. The van der Waals surface area contributed by atoms with Gasteiger partial charge < -0.3 is 14.2 Å². The number of likely N-dealkylation sites (N-methyl/N-ethyl adjacent to an activating group) is 1. The van der Waals surface area contributed by atoms with E-state index in [9.17, 15) is 14.0 Å². The van der Waals surface area contributed by atoms with Gasteiger partial charge in [-0.1, -0.05) is 28.9 Å². The van der Waals surface area contributed by atoms with E-state index in [-0.39, 0.29) is 31.1 Å². The van der Waals surface area contributed by atoms with E-state index < -0.39 is 18.5 Å². The highest BCUT2D eigenvalue weighted by atomic mass is 35.5. The van der Waals surface area contributed by atoms with Gasteiger partial charge in [-0.25, -0.2) is 4.39 Å². The number of ether oxygens (including phenoxy) is 1. The lowest BCUT2D eigenvalue weighted by Crippen LogP contribution is -2.30. The van der Waals surface area contributed by atoms with Crippen molar-refractivity contribution in [3.63, 3.8) is 0 Å². The first-order chi connectivity index (χ1) is 14.4. The highest BCUT2D eigenvalue weighted by Gasteiger charge is 2.15. The molecule has 3 aromatic rings. The lowest BCUT2D eigenvalue weighted by Gasteiger charge is -2.17. The van der Waals surface area contributed by atoms with E-state index >= 15 is 0 Å². The molecule has 0 saturated carbocycles. The summed E-state index contributed by atoms with van der Waals surface area (Å²) in [6.45, 7) is -0.186. The molecule has 1 heterocycles. The third kappa shape index (κ3) is 6.12. The van der Waals surface area contributed by atoms with Crippen molar-refractivity contribution in [3.05, 3.63) is 70.8 Å². The summed E-state index contributed by atoms with van der Waals surface area (Å²) in [4.78, 5) is 29.6. The molecule has 0 N–H and O–H groups in total. The van der Waals surface area contributed by atoms with Gasteiger partial charge in [0.15, 0.2) is 6.61 Å². The highest BCUT2D eigenvalue weighted by molar-refractivity contribution is 6.30. The molecule has 0 saturated heterocycles. The second kappa shape index (κ2) is 9.98. The summed E-state index contributed by atoms with van der Waals surface area (Å²) in [5, 5.41) is 4.47. The average molecular weight is 432 g/mol. The summed E-state index contributed by atoms with van der Waals surface area (Å²) in [7, 11) is 1.55. The van der Waals surface area contributed by atoms with Crippen molar-refractivity contribution in [1.29, 1.82) is 0 Å². The topological polar surface area (TPSA) is 85.5 Å². The Hall–Kier alpha value is -3.26. The van der Waals surface area contributed by atoms with Gasteiger partial charge >= 0.3 is 5.97 Å². The van der Waals surface area contributed by atoms with Crippen molar-refractivity contribution < 1.29 is 23.2 Å². The molecule has 1 aromatic heterocycles. The molecule has 0 aliphatic heterocycles. The predicted molar refractivity (Wildman–Crippen MR) is 107 cm³/mol. The van der Waals surface area contributed by atoms with Crippen molar-refractivity contribution in [1.82, 2.24) is 15.0 Å². The number of rotatable bonds is 8. The van der Waals surface area contributed by atoms with Gasteiger partial charge in [0.1, 0.15) is 5.82 Å². The molecule has 7 nitrogen and oxygen atoms in total. The number of hydrogen-bond donors (Lipinski definition) is 0. The third-order valence-electron chi connectivity index (χ3n) is 4.20. The Morgan fingerprint density at radius 2 is 1.97 bits per heavy atom. The van der Waals surface area contributed by atoms with Crippen LogP contribution in [-0.2, 0) is 27.3 Å². The Labute approximate surface area is 177 Å². The minimum absolute atomic E-state index is 0.0108. The second-order valence-corrected chi connectivity index (χ2v) is 7.00. The van der Waals surface area contributed by atoms with Crippen LogP contribution in [0.3, 0.4) is 0 Å². The average Bonchev–Trinajstić information content (AvgIpc) is 3.20. The summed E-state index contributed by atoms with van der Waals surface area (Å²) in [6.07, 6.45) is 0.176. The van der Waals surface area contributed by atoms with E-state index in [1.54, 1.807) is 43.4 Å². The number of amides is 1. The van der Waals surface area contributed by atoms with Crippen LogP contribution in [0, 0.1) is 5.82 Å². The van der Waals surface area contributed by atoms with Crippen molar-refractivity contribution in [3.8, 4) is 11.4 Å². The fourth-order valence-corrected chi connectivity index (χ4v) is 2.73. The van der Waals surface area contributed by atoms with Crippen LogP contribution in [0.15, 0.2) is 53.1 Å². The molecule has 0 fully saturated rings. The minimum atomic E-state index is -0.561. The van der Waals surface area contributed by atoms with E-state index in [2.05, 4.69) is 10.1 Å². The number of carbonyl (C=O) groups excluding carboxylic acids is 2. The zero-order chi connectivity index (χ0) is 21.5. The van der Waals surface area contributed by atoms with Crippen LogP contribution in [0.4, 0.5) is 4.39 Å². The van der Waals surface area contributed by atoms with Gasteiger partial charge in [0.25, 0.3) is 5.91 Å². The van der Waals surface area contributed by atoms with Crippen LogP contribution >= 0.6 is 11.6 Å². The number of esters is 1. The zero-order valence-electron chi connectivity index (χ0n) is 16.2. The summed E-state index contributed by atoms with van der Waals surface area (Å²) in [5.74, 6) is -0.653. The molecular formula is C21H19ClFN3O4. The van der Waals surface area contributed by atoms with Gasteiger partial charge in [0, 0.05) is 30.6 Å². The third-order valence-corrected chi connectivity index (χ3v) is 4.46. The number of aromatic nitrogens is 2. The molecule has 0 spiro atoms. The summed E-state index contributed by atoms with van der Waals surface area (Å²) in [6, 6.07) is 12.9. The van der Waals surface area contributed by atoms with Crippen molar-refractivity contribution in [2.75, 3.05) is 13.7 Å². The molecule has 30 heavy (non-hydrogen) atoms. The molecule has 156 valence electrons. The monoisotopic (exact) mass is 431 g/mol. The number of benzene rings is 2. The molecule has 2 aromatic carbocycles. The first kappa shape index (κ1) is 21.4. The van der Waals surface area contributed by atoms with Gasteiger partial charge in [-0.05, 0) is 42.0 Å². The van der Waals surface area contributed by atoms with Crippen molar-refractivity contribution in [2.24, 2.45) is 0 Å². The van der Waals surface area contributed by atoms with E-state index in [1.165, 1.54) is 17.0 Å². The zero-order valence-corrected chi connectivity index (χ0v) is 16.9. The van der Waals surface area contributed by atoms with Crippen LogP contribution in [0.25, 0.3) is 11.4 Å². The predicted octanol–water partition coefficient (Wildman–Crippen LogP) is 3.66. The lowest BCUT2D eigenvalue weighted by molar-refractivity contribution is -0.151. The summed E-state index contributed by atoms with van der Waals surface area (Å²) in [5.41, 5.74) is 1.38. The van der Waals surface area contributed by atoms with Crippen LogP contribution in [0.2, 0.25) is 5.02 Å². The molecule has 9 heteroatoms. The molecule has 3 rings (SSSR count). The Balaban J connectivity index is 1.42. The van der Waals surface area contributed by atoms with Crippen LogP contribution in [0.1, 0.15) is 17.9 Å². The molecule has 0 radical (unpaired) electrons. The van der Waals surface area contributed by atoms with E-state index in [1.807, 2.05) is 0 Å². The Morgan fingerprint density at radius 3 is 2.70 bits per heavy atom. The maximum absolute atomic E-state index is 13.2. The van der Waals surface area contributed by atoms with Crippen LogP contribution in [0.5, 0.6) is 0 Å². The molecule has 0 unspecified atom stereocenters. The van der Waals surface area contributed by atoms with Crippen LogP contribution < -0.4 is 0 Å². The molecule has 0 aliphatic carbocycles. The van der Waals surface area contributed by atoms with Crippen molar-refractivity contribution >= 4 is 23.5 Å². The van der Waals surface area contributed by atoms with Gasteiger partial charge in [-0.3, -0.25) is 9.59 Å². The lowest BCUT2D eigenvalue weighted by atomic mass is 10.2. The second-order valence-electron chi connectivity index (χ2n) is 6.56.